The zero-order valence-electron chi connectivity index (χ0n) is 20.2. The van der Waals surface area contributed by atoms with Crippen molar-refractivity contribution in [2.45, 2.75) is 60.8 Å². The van der Waals surface area contributed by atoms with Gasteiger partial charge in [-0.1, -0.05) is 77.9 Å². The van der Waals surface area contributed by atoms with Gasteiger partial charge in [0, 0.05) is 17.1 Å². The first kappa shape index (κ1) is 23.1. The van der Waals surface area contributed by atoms with Gasteiger partial charge in [-0.25, -0.2) is 0 Å². The van der Waals surface area contributed by atoms with Crippen LogP contribution in [0.25, 0.3) is 0 Å². The fourth-order valence-electron chi connectivity index (χ4n) is 4.33. The molecule has 1 heteroatoms. The summed E-state index contributed by atoms with van der Waals surface area (Å²) >= 11 is 0. The van der Waals surface area contributed by atoms with E-state index in [0.29, 0.717) is 17.8 Å². The maximum atomic E-state index is 2.43. The van der Waals surface area contributed by atoms with Gasteiger partial charge in [0.15, 0.2) is 0 Å². The first-order valence-corrected chi connectivity index (χ1v) is 11.9. The molecule has 1 nitrogen and oxygen atoms in total. The Morgan fingerprint density at radius 2 is 0.774 bits per heavy atom. The third-order valence-electron chi connectivity index (χ3n) is 5.44. The summed E-state index contributed by atoms with van der Waals surface area (Å²) < 4.78 is 0. The van der Waals surface area contributed by atoms with Gasteiger partial charge >= 0.3 is 0 Å². The SMILES string of the molecule is CC(C)Cc1cccc(N(c2cccc(CC(C)C)c2)c2cccc(CC(C)C)c2)c1. The Morgan fingerprint density at radius 3 is 1.03 bits per heavy atom. The molecule has 0 aliphatic rings. The fraction of sp³-hybridized carbons (Fsp3) is 0.400. The second-order valence-electron chi connectivity index (χ2n) is 10.1. The topological polar surface area (TPSA) is 3.24 Å². The monoisotopic (exact) mass is 413 g/mol. The molecular weight excluding hydrogens is 374 g/mol. The Bertz CT molecular complexity index is 840. The average molecular weight is 414 g/mol. The van der Waals surface area contributed by atoms with E-state index in [1.807, 2.05) is 0 Å². The van der Waals surface area contributed by atoms with Gasteiger partial charge in [0.2, 0.25) is 0 Å². The lowest BCUT2D eigenvalue weighted by Crippen LogP contribution is -2.11. The van der Waals surface area contributed by atoms with Crippen LogP contribution in [-0.2, 0) is 19.3 Å². The van der Waals surface area contributed by atoms with Gasteiger partial charge in [-0.3, -0.25) is 0 Å². The molecule has 0 saturated carbocycles. The lowest BCUT2D eigenvalue weighted by molar-refractivity contribution is 0.647. The van der Waals surface area contributed by atoms with Crippen LogP contribution in [0.3, 0.4) is 0 Å². The number of anilines is 3. The minimum atomic E-state index is 0.646. The van der Waals surface area contributed by atoms with E-state index in [0.717, 1.165) is 19.3 Å². The van der Waals surface area contributed by atoms with E-state index in [4.69, 9.17) is 0 Å². The number of rotatable bonds is 9. The van der Waals surface area contributed by atoms with E-state index in [9.17, 15) is 0 Å². The summed E-state index contributed by atoms with van der Waals surface area (Å²) in [5.41, 5.74) is 7.90. The average Bonchev–Trinajstić information content (AvgIpc) is 2.68. The highest BCUT2D eigenvalue weighted by Crippen LogP contribution is 2.36. The third kappa shape index (κ3) is 6.72. The van der Waals surface area contributed by atoms with E-state index < -0.39 is 0 Å². The van der Waals surface area contributed by atoms with Crippen LogP contribution in [0.2, 0.25) is 0 Å². The van der Waals surface area contributed by atoms with Crippen LogP contribution < -0.4 is 4.90 Å². The molecule has 0 radical (unpaired) electrons. The first-order chi connectivity index (χ1) is 14.8. The summed E-state index contributed by atoms with van der Waals surface area (Å²) in [5.74, 6) is 1.94. The van der Waals surface area contributed by atoms with Crippen LogP contribution in [0, 0.1) is 17.8 Å². The number of hydrogen-bond donors (Lipinski definition) is 0. The molecule has 3 rings (SSSR count). The molecule has 3 aromatic carbocycles. The molecule has 3 aromatic rings. The molecule has 0 spiro atoms. The molecule has 0 N–H and O–H groups in total. The summed E-state index contributed by atoms with van der Waals surface area (Å²) in [7, 11) is 0. The largest absolute Gasteiger partial charge is 0.310 e. The van der Waals surface area contributed by atoms with E-state index in [1.165, 1.54) is 33.8 Å². The predicted molar refractivity (Wildman–Crippen MR) is 137 cm³/mol. The van der Waals surface area contributed by atoms with Gasteiger partial charge in [0.1, 0.15) is 0 Å². The van der Waals surface area contributed by atoms with Gasteiger partial charge in [0.25, 0.3) is 0 Å². The van der Waals surface area contributed by atoms with Crippen molar-refractivity contribution in [2.75, 3.05) is 4.90 Å². The smallest absolute Gasteiger partial charge is 0.0464 e. The van der Waals surface area contributed by atoms with Crippen LogP contribution >= 0.6 is 0 Å². The lowest BCUT2D eigenvalue weighted by atomic mass is 9.99. The van der Waals surface area contributed by atoms with Crippen LogP contribution in [0.5, 0.6) is 0 Å². The van der Waals surface area contributed by atoms with Crippen molar-refractivity contribution in [3.63, 3.8) is 0 Å². The fourth-order valence-corrected chi connectivity index (χ4v) is 4.33. The third-order valence-corrected chi connectivity index (χ3v) is 5.44. The Balaban J connectivity index is 2.09. The number of benzene rings is 3. The van der Waals surface area contributed by atoms with Gasteiger partial charge in [-0.15, -0.1) is 0 Å². The summed E-state index contributed by atoms with van der Waals surface area (Å²) in [6.07, 6.45) is 3.30. The van der Waals surface area contributed by atoms with Crippen molar-refractivity contribution < 1.29 is 0 Å². The minimum Gasteiger partial charge on any atom is -0.310 e. The van der Waals surface area contributed by atoms with Crippen molar-refractivity contribution in [3.05, 3.63) is 89.5 Å². The number of nitrogens with zero attached hydrogens (tertiary/aromatic N) is 1. The second-order valence-corrected chi connectivity index (χ2v) is 10.1. The molecule has 0 atom stereocenters. The van der Waals surface area contributed by atoms with Gasteiger partial charge in [-0.05, 0) is 90.1 Å². The van der Waals surface area contributed by atoms with E-state index in [-0.39, 0.29) is 0 Å². The van der Waals surface area contributed by atoms with Gasteiger partial charge < -0.3 is 4.90 Å². The van der Waals surface area contributed by atoms with Crippen LogP contribution in [0.1, 0.15) is 58.2 Å². The number of hydrogen-bond acceptors (Lipinski definition) is 1. The Morgan fingerprint density at radius 1 is 0.484 bits per heavy atom. The predicted octanol–water partition coefficient (Wildman–Crippen LogP) is 8.75. The van der Waals surface area contributed by atoms with Gasteiger partial charge in [-0.2, -0.15) is 0 Å². The molecule has 0 unspecified atom stereocenters. The molecule has 164 valence electrons. The highest BCUT2D eigenvalue weighted by Gasteiger charge is 2.15. The van der Waals surface area contributed by atoms with Crippen molar-refractivity contribution >= 4 is 17.1 Å². The van der Waals surface area contributed by atoms with Crippen LogP contribution in [-0.4, -0.2) is 0 Å². The quantitative estimate of drug-likeness (QED) is 0.339. The molecule has 31 heavy (non-hydrogen) atoms. The van der Waals surface area contributed by atoms with E-state index >= 15 is 0 Å². The maximum Gasteiger partial charge on any atom is 0.0464 e. The van der Waals surface area contributed by atoms with E-state index in [2.05, 4.69) is 119 Å². The Labute approximate surface area is 190 Å². The zero-order chi connectivity index (χ0) is 22.4. The molecule has 0 aliphatic carbocycles. The highest BCUT2D eigenvalue weighted by molar-refractivity contribution is 5.77. The van der Waals surface area contributed by atoms with Crippen LogP contribution in [0.4, 0.5) is 17.1 Å². The highest BCUT2D eigenvalue weighted by atomic mass is 15.1. The Hall–Kier alpha value is -2.54. The van der Waals surface area contributed by atoms with Crippen molar-refractivity contribution in [1.82, 2.24) is 0 Å². The lowest BCUT2D eigenvalue weighted by Gasteiger charge is -2.27. The molecule has 0 amide bonds. The molecule has 0 bridgehead atoms. The summed E-state index contributed by atoms with van der Waals surface area (Å²) in [6, 6.07) is 27.2. The van der Waals surface area contributed by atoms with Crippen molar-refractivity contribution in [2.24, 2.45) is 17.8 Å². The standard InChI is InChI=1S/C30H39N/c1-22(2)16-25-10-7-13-28(19-25)31(29-14-8-11-26(20-29)17-23(3)4)30-15-9-12-27(21-30)18-24(5)6/h7-15,19-24H,16-18H2,1-6H3. The first-order valence-electron chi connectivity index (χ1n) is 11.9. The molecule has 0 aliphatic heterocycles. The molecule has 0 saturated heterocycles. The zero-order valence-corrected chi connectivity index (χ0v) is 20.2. The normalized spacial score (nSPS) is 11.5. The molecule has 0 fully saturated rings. The van der Waals surface area contributed by atoms with Crippen LogP contribution in [0.15, 0.2) is 72.8 Å². The molecular formula is C30H39N. The maximum absolute atomic E-state index is 2.43. The van der Waals surface area contributed by atoms with E-state index in [1.54, 1.807) is 0 Å². The molecule has 0 aromatic heterocycles. The van der Waals surface area contributed by atoms with Gasteiger partial charge in [0.05, 0.1) is 0 Å². The van der Waals surface area contributed by atoms with Crippen molar-refractivity contribution in [1.29, 1.82) is 0 Å². The molecule has 0 heterocycles. The summed E-state index contributed by atoms with van der Waals surface area (Å²) in [6.45, 7) is 13.7. The summed E-state index contributed by atoms with van der Waals surface area (Å²) in [4.78, 5) is 2.43. The minimum absolute atomic E-state index is 0.646. The second kappa shape index (κ2) is 10.7. The van der Waals surface area contributed by atoms with Crippen molar-refractivity contribution in [3.8, 4) is 0 Å². The summed E-state index contributed by atoms with van der Waals surface area (Å²) in [5, 5.41) is 0. The Kier molecular flexibility index (Phi) is 7.96.